The first-order valence-corrected chi connectivity index (χ1v) is 10.5. The Bertz CT molecular complexity index is 1080. The molecule has 0 aliphatic carbocycles. The average molecular weight is 446 g/mol. The number of hydrogen-bond donors (Lipinski definition) is 2. The van der Waals surface area contributed by atoms with E-state index in [0.717, 1.165) is 16.7 Å². The van der Waals surface area contributed by atoms with Gasteiger partial charge in [-0.15, -0.1) is 0 Å². The number of methoxy groups -OCH3 is 2. The number of carbonyl (C=O) groups is 2. The molecule has 0 unspecified atom stereocenters. The molecule has 3 aromatic carbocycles. The minimum absolute atomic E-state index is 0.203. The Kier molecular flexibility index (Phi) is 8.18. The molecule has 3 aromatic rings. The molecular weight excluding hydrogens is 418 g/mol. The Balaban J connectivity index is 1.65. The van der Waals surface area contributed by atoms with Gasteiger partial charge in [0.1, 0.15) is 11.5 Å². The van der Waals surface area contributed by atoms with Crippen LogP contribution in [-0.4, -0.2) is 38.3 Å². The van der Waals surface area contributed by atoms with Gasteiger partial charge in [-0.2, -0.15) is 5.10 Å². The van der Waals surface area contributed by atoms with Gasteiger partial charge in [-0.3, -0.25) is 9.59 Å². The van der Waals surface area contributed by atoms with Crippen molar-refractivity contribution in [3.63, 3.8) is 0 Å². The van der Waals surface area contributed by atoms with Gasteiger partial charge in [-0.1, -0.05) is 60.7 Å². The lowest BCUT2D eigenvalue weighted by atomic mass is 9.90. The maximum Gasteiger partial charge on any atom is 0.259 e. The number of benzene rings is 3. The van der Waals surface area contributed by atoms with Crippen molar-refractivity contribution in [2.75, 3.05) is 20.8 Å². The molecule has 0 bridgehead atoms. The van der Waals surface area contributed by atoms with Gasteiger partial charge in [0.05, 0.1) is 32.4 Å². The second kappa shape index (κ2) is 11.5. The van der Waals surface area contributed by atoms with Crippen molar-refractivity contribution in [3.05, 3.63) is 95.6 Å². The second-order valence-corrected chi connectivity index (χ2v) is 7.27. The van der Waals surface area contributed by atoms with Crippen LogP contribution in [0.1, 0.15) is 29.5 Å². The van der Waals surface area contributed by atoms with E-state index >= 15 is 0 Å². The van der Waals surface area contributed by atoms with Crippen molar-refractivity contribution in [3.8, 4) is 11.5 Å². The van der Waals surface area contributed by atoms with Crippen LogP contribution in [0.15, 0.2) is 84.0 Å². The van der Waals surface area contributed by atoms with E-state index in [1.807, 2.05) is 60.7 Å². The summed E-state index contributed by atoms with van der Waals surface area (Å²) in [6.07, 6.45) is 0. The monoisotopic (exact) mass is 445 g/mol. The first-order valence-electron chi connectivity index (χ1n) is 10.5. The van der Waals surface area contributed by atoms with Gasteiger partial charge in [-0.05, 0) is 30.2 Å². The average Bonchev–Trinajstić information content (AvgIpc) is 2.87. The predicted octanol–water partition coefficient (Wildman–Crippen LogP) is 3.49. The third kappa shape index (κ3) is 6.20. The molecule has 0 radical (unpaired) electrons. The fourth-order valence-corrected chi connectivity index (χ4v) is 3.40. The van der Waals surface area contributed by atoms with Gasteiger partial charge in [0.25, 0.3) is 5.91 Å². The number of nitrogens with zero attached hydrogens (tertiary/aromatic N) is 1. The zero-order valence-electron chi connectivity index (χ0n) is 18.9. The lowest BCUT2D eigenvalue weighted by Gasteiger charge is -2.17. The largest absolute Gasteiger partial charge is 0.497 e. The highest BCUT2D eigenvalue weighted by Crippen LogP contribution is 2.25. The molecule has 0 heterocycles. The number of nitrogens with one attached hydrogen (secondary N) is 2. The van der Waals surface area contributed by atoms with Gasteiger partial charge >= 0.3 is 0 Å². The summed E-state index contributed by atoms with van der Waals surface area (Å²) in [5.74, 6) is 0.0115. The molecule has 170 valence electrons. The lowest BCUT2D eigenvalue weighted by Crippen LogP contribution is -2.38. The summed E-state index contributed by atoms with van der Waals surface area (Å²) in [7, 11) is 3.12. The van der Waals surface area contributed by atoms with Crippen LogP contribution in [0.5, 0.6) is 11.5 Å². The Morgan fingerprint density at radius 2 is 1.48 bits per heavy atom. The van der Waals surface area contributed by atoms with Crippen molar-refractivity contribution in [1.29, 1.82) is 0 Å². The molecule has 7 heteroatoms. The van der Waals surface area contributed by atoms with Gasteiger partial charge < -0.3 is 14.8 Å². The molecule has 0 saturated carbocycles. The number of hydrogen-bond acceptors (Lipinski definition) is 5. The van der Waals surface area contributed by atoms with Crippen LogP contribution < -0.4 is 20.2 Å². The van der Waals surface area contributed by atoms with Crippen molar-refractivity contribution in [1.82, 2.24) is 10.7 Å². The summed E-state index contributed by atoms with van der Waals surface area (Å²) < 4.78 is 10.6. The molecule has 7 nitrogen and oxygen atoms in total. The smallest absolute Gasteiger partial charge is 0.259 e. The van der Waals surface area contributed by atoms with Crippen LogP contribution in [0.4, 0.5) is 0 Å². The van der Waals surface area contributed by atoms with Crippen LogP contribution in [0.25, 0.3) is 0 Å². The molecule has 0 spiro atoms. The standard InChI is InChI=1S/C26H27N3O4/c1-18(22-15-14-21(32-2)16-23(22)33-3)28-29-24(30)17-27-26(31)25(19-10-6-4-7-11-19)20-12-8-5-9-13-20/h4-16,25H,17H2,1-3H3,(H,27,31)(H,29,30)/b28-18-. The lowest BCUT2D eigenvalue weighted by molar-refractivity contribution is -0.126. The molecule has 0 fully saturated rings. The fourth-order valence-electron chi connectivity index (χ4n) is 3.40. The molecule has 33 heavy (non-hydrogen) atoms. The predicted molar refractivity (Wildman–Crippen MR) is 128 cm³/mol. The van der Waals surface area contributed by atoms with Gasteiger partial charge in [-0.25, -0.2) is 5.43 Å². The first-order chi connectivity index (χ1) is 16.0. The normalized spacial score (nSPS) is 11.1. The van der Waals surface area contributed by atoms with Crippen LogP contribution >= 0.6 is 0 Å². The highest BCUT2D eigenvalue weighted by molar-refractivity contribution is 6.02. The zero-order chi connectivity index (χ0) is 23.6. The van der Waals surface area contributed by atoms with Gasteiger partial charge in [0, 0.05) is 11.6 Å². The van der Waals surface area contributed by atoms with E-state index in [4.69, 9.17) is 9.47 Å². The van der Waals surface area contributed by atoms with Crippen molar-refractivity contribution in [2.45, 2.75) is 12.8 Å². The molecule has 0 aliphatic heterocycles. The molecule has 0 aromatic heterocycles. The number of ether oxygens (including phenoxy) is 2. The van der Waals surface area contributed by atoms with Crippen molar-refractivity contribution >= 4 is 17.5 Å². The molecule has 0 aliphatic rings. The third-order valence-corrected chi connectivity index (χ3v) is 5.10. The van der Waals surface area contributed by atoms with Crippen LogP contribution in [0, 0.1) is 0 Å². The topological polar surface area (TPSA) is 89.0 Å². The van der Waals surface area contributed by atoms with Crippen LogP contribution in [-0.2, 0) is 9.59 Å². The van der Waals surface area contributed by atoms with E-state index in [9.17, 15) is 9.59 Å². The summed E-state index contributed by atoms with van der Waals surface area (Å²) in [5.41, 5.74) is 5.45. The number of amides is 2. The SMILES string of the molecule is COc1ccc(/C(C)=N\NC(=O)CNC(=O)C(c2ccccc2)c2ccccc2)c(OC)c1. The summed E-state index contributed by atoms with van der Waals surface area (Å²) in [4.78, 5) is 25.3. The molecule has 2 amide bonds. The van der Waals surface area contributed by atoms with E-state index in [1.165, 1.54) is 0 Å². The third-order valence-electron chi connectivity index (χ3n) is 5.10. The first kappa shape index (κ1) is 23.5. The summed E-state index contributed by atoms with van der Waals surface area (Å²) in [5, 5.41) is 6.86. The highest BCUT2D eigenvalue weighted by Gasteiger charge is 2.22. The Hall–Kier alpha value is -4.13. The van der Waals surface area contributed by atoms with E-state index in [0.29, 0.717) is 17.2 Å². The summed E-state index contributed by atoms with van der Waals surface area (Å²) >= 11 is 0. The van der Waals surface area contributed by atoms with Crippen LogP contribution in [0.2, 0.25) is 0 Å². The Labute approximate surface area is 193 Å². The van der Waals surface area contributed by atoms with Gasteiger partial charge in [0.2, 0.25) is 5.91 Å². The molecular formula is C26H27N3O4. The summed E-state index contributed by atoms with van der Waals surface area (Å²) in [6.45, 7) is 1.55. The van der Waals surface area contributed by atoms with E-state index in [-0.39, 0.29) is 12.5 Å². The molecule has 0 atom stereocenters. The maximum atomic E-state index is 13.0. The minimum atomic E-state index is -0.519. The van der Waals surface area contributed by atoms with Gasteiger partial charge in [0.15, 0.2) is 0 Å². The molecule has 2 N–H and O–H groups in total. The van der Waals surface area contributed by atoms with E-state index in [1.54, 1.807) is 39.3 Å². The number of rotatable bonds is 9. The van der Waals surface area contributed by atoms with Crippen molar-refractivity contribution in [2.24, 2.45) is 5.10 Å². The molecule has 0 saturated heterocycles. The quantitative estimate of drug-likeness (QED) is 0.390. The molecule has 3 rings (SSSR count). The Morgan fingerprint density at radius 1 is 0.879 bits per heavy atom. The highest BCUT2D eigenvalue weighted by atomic mass is 16.5. The van der Waals surface area contributed by atoms with Crippen molar-refractivity contribution < 1.29 is 19.1 Å². The fraction of sp³-hybridized carbons (Fsp3) is 0.192. The summed E-state index contributed by atoms with van der Waals surface area (Å²) in [6, 6.07) is 24.2. The Morgan fingerprint density at radius 3 is 2.03 bits per heavy atom. The zero-order valence-corrected chi connectivity index (χ0v) is 18.9. The van der Waals surface area contributed by atoms with Crippen LogP contribution in [0.3, 0.4) is 0 Å². The maximum absolute atomic E-state index is 13.0. The minimum Gasteiger partial charge on any atom is -0.497 e. The number of hydrazone groups is 1. The number of carbonyl (C=O) groups excluding carboxylic acids is 2. The second-order valence-electron chi connectivity index (χ2n) is 7.27. The van der Waals surface area contributed by atoms with E-state index < -0.39 is 11.8 Å². The van der Waals surface area contributed by atoms with E-state index in [2.05, 4.69) is 15.8 Å².